The van der Waals surface area contributed by atoms with E-state index in [0.717, 1.165) is 118 Å². The third-order valence-electron chi connectivity index (χ3n) is 16.2. The lowest BCUT2D eigenvalue weighted by molar-refractivity contribution is -0.141. The second kappa shape index (κ2) is 18.6. The van der Waals surface area contributed by atoms with Crippen molar-refractivity contribution in [3.8, 4) is 51.7 Å². The Hall–Kier alpha value is -4.71. The topological polar surface area (TPSA) is 157 Å². The number of ether oxygens (including phenoxy) is 4. The predicted octanol–water partition coefficient (Wildman–Crippen LogP) is 8.98. The Balaban J connectivity index is 1.17. The van der Waals surface area contributed by atoms with E-state index in [-0.39, 0.29) is 47.8 Å². The van der Waals surface area contributed by atoms with Crippen molar-refractivity contribution in [2.24, 2.45) is 17.6 Å². The van der Waals surface area contributed by atoms with Crippen LogP contribution in [0.4, 0.5) is 0 Å². The predicted molar refractivity (Wildman–Crippen MR) is 270 cm³/mol. The lowest BCUT2D eigenvalue weighted by Crippen LogP contribution is -2.49. The van der Waals surface area contributed by atoms with Crippen LogP contribution < -0.4 is 35.9 Å². The number of phenolic OH excluding ortho intramolecular Hbond substituents is 2. The third-order valence-corrected chi connectivity index (χ3v) is 18.8. The van der Waals surface area contributed by atoms with Crippen LogP contribution in [0.15, 0.2) is 53.3 Å². The maximum atomic E-state index is 12.9. The average Bonchev–Trinajstić information content (AvgIpc) is 3.84. The number of fused-ring (bicyclic) bond motifs is 11. The van der Waals surface area contributed by atoms with Gasteiger partial charge in [0.15, 0.2) is 11.5 Å². The van der Waals surface area contributed by atoms with Gasteiger partial charge in [-0.2, -0.15) is 0 Å². The third kappa shape index (κ3) is 8.06. The molecule has 0 radical (unpaired) electrons. The van der Waals surface area contributed by atoms with Crippen LogP contribution in [0.2, 0.25) is 0 Å². The van der Waals surface area contributed by atoms with Gasteiger partial charge in [0.25, 0.3) is 0 Å². The molecule has 1 spiro atoms. The Kier molecular flexibility index (Phi) is 12.5. The quantitative estimate of drug-likeness (QED) is 0.0792. The Morgan fingerprint density at radius 2 is 1.97 bits per heavy atom. The summed E-state index contributed by atoms with van der Waals surface area (Å²) in [6.07, 6.45) is 15.7. The molecule has 1 saturated heterocycles. The van der Waals surface area contributed by atoms with Crippen LogP contribution >= 0.6 is 21.6 Å². The second-order valence-corrected chi connectivity index (χ2v) is 22.9. The summed E-state index contributed by atoms with van der Waals surface area (Å²) in [5, 5.41) is 34.8. The maximum Gasteiger partial charge on any atom is 0.302 e. The first-order valence-corrected chi connectivity index (χ1v) is 27.3. The van der Waals surface area contributed by atoms with Crippen LogP contribution in [-0.4, -0.2) is 72.8 Å². The summed E-state index contributed by atoms with van der Waals surface area (Å²) in [5.41, 5.74) is 18.0. The van der Waals surface area contributed by atoms with Gasteiger partial charge in [0.05, 0.1) is 30.9 Å². The molecule has 0 aromatic heterocycles. The van der Waals surface area contributed by atoms with Gasteiger partial charge < -0.3 is 50.8 Å². The molecule has 3 aromatic rings. The summed E-state index contributed by atoms with van der Waals surface area (Å²) in [6.45, 7) is 4.06. The number of hydrogen-bond acceptors (Lipinski definition) is 13. The first-order valence-electron chi connectivity index (χ1n) is 24.8. The number of esters is 1. The van der Waals surface area contributed by atoms with E-state index in [1.807, 2.05) is 34.7 Å². The van der Waals surface area contributed by atoms with Gasteiger partial charge in [-0.1, -0.05) is 71.2 Å². The van der Waals surface area contributed by atoms with E-state index < -0.39 is 12.0 Å². The molecule has 13 heteroatoms. The van der Waals surface area contributed by atoms with Crippen LogP contribution in [0, 0.1) is 23.7 Å². The number of methoxy groups -OCH3 is 1. The van der Waals surface area contributed by atoms with Crippen molar-refractivity contribution in [1.82, 2.24) is 16.0 Å². The highest BCUT2D eigenvalue weighted by Crippen LogP contribution is 2.63. The Labute approximate surface area is 408 Å². The standard InChI is InChI=1S/C55H64N4O7S2/c1-5-32-20-33-18-30-16-17-55(23-30)24-34-21-36(61)22-45(63-4)47(34)39-13-12-38-42(26-64-29(2)60)51(66-52(38)49(39)55)48-37(10-7-11-43(33)59-54(32)56)41(25-57-3)50(62)53-40(48)14-15-44-46(65-53)28-68-67-27-31-8-6-9-35(19-31)58-44/h12-15,20-22,30-31,35,42,44,46,51,54,57-59,61-62H,5-6,8-10,16-19,23-28,56H2,1-4H3/t30-,31+,35-,42+,44+,46+,51+,54?,55-/m1/s1. The van der Waals surface area contributed by atoms with Gasteiger partial charge in [-0.05, 0) is 116 Å². The molecule has 9 atom stereocenters. The molecule has 3 aliphatic carbocycles. The van der Waals surface area contributed by atoms with Crippen molar-refractivity contribution >= 4 is 33.6 Å². The fourth-order valence-electron chi connectivity index (χ4n) is 13.2. The van der Waals surface area contributed by atoms with Gasteiger partial charge in [-0.15, -0.1) is 0 Å². The molecular formula is C55H64N4O7S2. The summed E-state index contributed by atoms with van der Waals surface area (Å²) in [4.78, 5) is 12.9. The zero-order valence-electron chi connectivity index (χ0n) is 39.6. The van der Waals surface area contributed by atoms with Crippen molar-refractivity contribution in [3.05, 3.63) is 92.2 Å². The smallest absolute Gasteiger partial charge is 0.302 e. The molecule has 0 amide bonds. The highest BCUT2D eigenvalue weighted by Gasteiger charge is 2.52. The van der Waals surface area contributed by atoms with Crippen molar-refractivity contribution in [1.29, 1.82) is 0 Å². The van der Waals surface area contributed by atoms with Crippen LogP contribution in [-0.2, 0) is 34.3 Å². The number of carbonyl (C=O) groups is 1. The molecule has 5 heterocycles. The van der Waals surface area contributed by atoms with Crippen LogP contribution in [0.5, 0.6) is 28.7 Å². The number of dihydropyridines is 1. The number of rotatable bonds is 6. The van der Waals surface area contributed by atoms with Gasteiger partial charge in [0.1, 0.15) is 36.1 Å². The van der Waals surface area contributed by atoms with Gasteiger partial charge in [0.2, 0.25) is 0 Å². The van der Waals surface area contributed by atoms with Crippen molar-refractivity contribution in [2.45, 2.75) is 133 Å². The minimum Gasteiger partial charge on any atom is -0.508 e. The number of carbonyl (C=O) groups excluding carboxylic acids is 1. The normalized spacial score (nSPS) is 29.8. The fraction of sp³-hybridized carbons (Fsp3) is 0.509. The highest BCUT2D eigenvalue weighted by molar-refractivity contribution is 8.76. The molecule has 2 saturated carbocycles. The number of phenols is 2. The van der Waals surface area contributed by atoms with Gasteiger partial charge >= 0.3 is 5.97 Å². The van der Waals surface area contributed by atoms with E-state index in [9.17, 15) is 15.0 Å². The number of hydrogen-bond donors (Lipinski definition) is 6. The number of benzene rings is 3. The van der Waals surface area contributed by atoms with Crippen molar-refractivity contribution in [2.75, 3.05) is 32.3 Å². The minimum atomic E-state index is -0.645. The Bertz CT molecular complexity index is 2700. The van der Waals surface area contributed by atoms with E-state index in [1.165, 1.54) is 25.3 Å². The van der Waals surface area contributed by atoms with Crippen molar-refractivity contribution in [3.63, 3.8) is 0 Å². The summed E-state index contributed by atoms with van der Waals surface area (Å²) >= 11 is 0. The summed E-state index contributed by atoms with van der Waals surface area (Å²) in [7, 11) is 7.36. The minimum absolute atomic E-state index is 0.0922. The van der Waals surface area contributed by atoms with Crippen molar-refractivity contribution < 1.29 is 34.0 Å². The van der Waals surface area contributed by atoms with Crippen LogP contribution in [0.25, 0.3) is 17.2 Å². The number of nitrogens with one attached hydrogen (secondary N) is 3. The summed E-state index contributed by atoms with van der Waals surface area (Å²) in [6, 6.07) is 8.27. The Morgan fingerprint density at radius 1 is 1.10 bits per heavy atom. The van der Waals surface area contributed by atoms with E-state index in [1.54, 1.807) is 13.2 Å². The van der Waals surface area contributed by atoms with E-state index in [4.69, 9.17) is 24.7 Å². The molecule has 68 heavy (non-hydrogen) atoms. The number of nitrogens with two attached hydrogens (primary N) is 1. The molecule has 5 aliphatic heterocycles. The first kappa shape index (κ1) is 45.7. The lowest BCUT2D eigenvalue weighted by Gasteiger charge is -2.39. The second-order valence-electron chi connectivity index (χ2n) is 20.4. The first-order chi connectivity index (χ1) is 33.1. The highest BCUT2D eigenvalue weighted by atomic mass is 33.1. The summed E-state index contributed by atoms with van der Waals surface area (Å²) < 4.78 is 27.0. The zero-order valence-corrected chi connectivity index (χ0v) is 41.2. The molecule has 6 bridgehead atoms. The molecule has 3 aromatic carbocycles. The van der Waals surface area contributed by atoms with Crippen LogP contribution in [0.1, 0.15) is 123 Å². The molecule has 8 aliphatic rings. The van der Waals surface area contributed by atoms with E-state index in [0.29, 0.717) is 54.3 Å². The molecule has 11 nitrogen and oxygen atoms in total. The Morgan fingerprint density at radius 3 is 2.79 bits per heavy atom. The monoisotopic (exact) mass is 956 g/mol. The molecule has 11 rings (SSSR count). The van der Waals surface area contributed by atoms with Gasteiger partial charge in [-0.3, -0.25) is 4.79 Å². The van der Waals surface area contributed by atoms with E-state index >= 15 is 0 Å². The zero-order chi connectivity index (χ0) is 46.8. The molecule has 358 valence electrons. The maximum absolute atomic E-state index is 12.9. The van der Waals surface area contributed by atoms with Gasteiger partial charge in [-0.25, -0.2) is 0 Å². The van der Waals surface area contributed by atoms with E-state index in [2.05, 4.69) is 65.1 Å². The van der Waals surface area contributed by atoms with Crippen LogP contribution in [0.3, 0.4) is 0 Å². The molecular weight excluding hydrogens is 893 g/mol. The largest absolute Gasteiger partial charge is 0.508 e. The molecule has 1 unspecified atom stereocenters. The summed E-state index contributed by atoms with van der Waals surface area (Å²) in [5.74, 6) is 11.5. The lowest BCUT2D eigenvalue weighted by atomic mass is 9.65. The fourth-order valence-corrected chi connectivity index (χ4v) is 15.8. The van der Waals surface area contributed by atoms with Gasteiger partial charge in [0, 0.05) is 82.3 Å². The number of allylic oxidation sites excluding steroid dienone is 3. The average molecular weight is 957 g/mol. The number of aromatic hydroxyl groups is 2. The molecule has 3 fully saturated rings. The SMILES string of the molecule is CCC1=CC2=C(C#CCc3c(CNC)c(O)c4c(c3[C@H]3Oc5c(ccc6c5[C@@]5(CC[C@H](C2)C5)Cc2cc(O)cc(OC)c2-6)[C@@H]3COC(C)=O)C=C[C@@H]2N[C@@H]3CCC[C@H](CSSC[C@@H]2O4)C3)NC1N. The molecule has 7 N–H and O–H groups in total.